The summed E-state index contributed by atoms with van der Waals surface area (Å²) in [6.45, 7) is 13.3. The zero-order chi connectivity index (χ0) is 22.1. The maximum atomic E-state index is 12.4. The standard InChI is InChI=1S/C20H34O8/c1-12(2)10-27-17(14(5)21)20(19(25)26,9-7-8-16(23)24)18(15(6)22)28-11-13(3)4/h14-15,17-18,21-22H,1,3,7-11H2,2,4-6H3,(H,23,24)(H,25,26)/p-2. The number of carbonyl (C=O) groups is 2. The van der Waals surface area contributed by atoms with Crippen molar-refractivity contribution < 1.29 is 39.5 Å². The molecule has 0 aromatic carbocycles. The van der Waals surface area contributed by atoms with Crippen LogP contribution in [-0.4, -0.2) is 59.8 Å². The average molecular weight is 400 g/mol. The normalized spacial score (nSPS) is 17.8. The van der Waals surface area contributed by atoms with Crippen LogP contribution in [0.1, 0.15) is 47.0 Å². The number of carbonyl (C=O) groups excluding carboxylic acids is 2. The first-order chi connectivity index (χ1) is 12.9. The first-order valence-electron chi connectivity index (χ1n) is 9.15. The number of ether oxygens (including phenoxy) is 2. The van der Waals surface area contributed by atoms with Crippen LogP contribution in [0.4, 0.5) is 0 Å². The molecule has 28 heavy (non-hydrogen) atoms. The highest BCUT2D eigenvalue weighted by Gasteiger charge is 2.51. The summed E-state index contributed by atoms with van der Waals surface area (Å²) in [5, 5.41) is 43.8. The molecular formula is C20H32O8-2. The second kappa shape index (κ2) is 12.0. The van der Waals surface area contributed by atoms with Gasteiger partial charge in [0.15, 0.2) is 0 Å². The summed E-state index contributed by atoms with van der Waals surface area (Å²) in [6.07, 6.45) is -6.04. The van der Waals surface area contributed by atoms with Crippen molar-refractivity contribution in [1.29, 1.82) is 0 Å². The van der Waals surface area contributed by atoms with Crippen molar-refractivity contribution in [2.75, 3.05) is 13.2 Å². The summed E-state index contributed by atoms with van der Waals surface area (Å²) in [5.74, 6) is -2.97. The maximum absolute atomic E-state index is 12.4. The number of hydrogen-bond acceptors (Lipinski definition) is 8. The first kappa shape index (κ1) is 26.3. The molecular weight excluding hydrogens is 368 g/mol. The number of carboxylic acids is 2. The van der Waals surface area contributed by atoms with Crippen molar-refractivity contribution in [2.45, 2.75) is 71.4 Å². The molecule has 0 amide bonds. The van der Waals surface area contributed by atoms with Crippen LogP contribution in [0.15, 0.2) is 24.3 Å². The van der Waals surface area contributed by atoms with Gasteiger partial charge in [0.25, 0.3) is 0 Å². The molecule has 0 aromatic heterocycles. The Hall–Kier alpha value is -1.74. The predicted octanol–water partition coefficient (Wildman–Crippen LogP) is -0.673. The summed E-state index contributed by atoms with van der Waals surface area (Å²) >= 11 is 0. The minimum atomic E-state index is -2.03. The van der Waals surface area contributed by atoms with Crippen molar-refractivity contribution in [3.8, 4) is 0 Å². The Kier molecular flexibility index (Phi) is 11.2. The summed E-state index contributed by atoms with van der Waals surface area (Å²) in [4.78, 5) is 23.2. The molecule has 0 heterocycles. The van der Waals surface area contributed by atoms with Crippen LogP contribution in [0.25, 0.3) is 0 Å². The van der Waals surface area contributed by atoms with Gasteiger partial charge in [-0.25, -0.2) is 0 Å². The minimum Gasteiger partial charge on any atom is -0.550 e. The van der Waals surface area contributed by atoms with Crippen molar-refractivity contribution in [2.24, 2.45) is 5.41 Å². The van der Waals surface area contributed by atoms with Crippen molar-refractivity contribution in [3.05, 3.63) is 24.3 Å². The minimum absolute atomic E-state index is 0.0436. The SMILES string of the molecule is C=C(C)COC(C(C)O)C(CCCC(=O)[O-])(C(=O)[O-])C(OCC(=C)C)C(C)O. The van der Waals surface area contributed by atoms with Gasteiger partial charge in [-0.15, -0.1) is 0 Å². The summed E-state index contributed by atoms with van der Waals surface area (Å²) in [7, 11) is 0. The van der Waals surface area contributed by atoms with E-state index in [4.69, 9.17) is 9.47 Å². The highest BCUT2D eigenvalue weighted by Crippen LogP contribution is 2.40. The van der Waals surface area contributed by atoms with Crippen LogP contribution >= 0.6 is 0 Å². The number of rotatable bonds is 15. The lowest BCUT2D eigenvalue weighted by atomic mass is 9.69. The van der Waals surface area contributed by atoms with E-state index in [-0.39, 0.29) is 26.1 Å². The molecule has 8 nitrogen and oxygen atoms in total. The van der Waals surface area contributed by atoms with Crippen LogP contribution in [0.2, 0.25) is 0 Å². The third kappa shape index (κ3) is 7.71. The fourth-order valence-electron chi connectivity index (χ4n) is 3.21. The van der Waals surface area contributed by atoms with Gasteiger partial charge in [-0.3, -0.25) is 0 Å². The Labute approximate surface area is 166 Å². The number of carboxylic acid groups (broad SMARTS) is 2. The fraction of sp³-hybridized carbons (Fsp3) is 0.700. The Balaban J connectivity index is 6.26. The van der Waals surface area contributed by atoms with Gasteiger partial charge < -0.3 is 39.5 Å². The van der Waals surface area contributed by atoms with E-state index >= 15 is 0 Å². The van der Waals surface area contributed by atoms with E-state index in [0.29, 0.717) is 11.1 Å². The average Bonchev–Trinajstić information content (AvgIpc) is 2.52. The van der Waals surface area contributed by atoms with Gasteiger partial charge >= 0.3 is 0 Å². The molecule has 0 bridgehead atoms. The lowest BCUT2D eigenvalue weighted by Crippen LogP contribution is -2.64. The number of aliphatic carboxylic acids is 2. The predicted molar refractivity (Wildman–Crippen MR) is 98.8 cm³/mol. The van der Waals surface area contributed by atoms with Crippen LogP contribution in [-0.2, 0) is 19.1 Å². The number of aliphatic hydroxyl groups is 2. The summed E-state index contributed by atoms with van der Waals surface area (Å²) < 4.78 is 11.3. The molecule has 4 unspecified atom stereocenters. The maximum Gasteiger partial charge on any atom is 0.0969 e. The topological polar surface area (TPSA) is 139 Å². The van der Waals surface area contributed by atoms with E-state index in [1.165, 1.54) is 13.8 Å². The zero-order valence-corrected chi connectivity index (χ0v) is 17.1. The van der Waals surface area contributed by atoms with Gasteiger partial charge in [-0.1, -0.05) is 24.3 Å². The van der Waals surface area contributed by atoms with E-state index in [1.54, 1.807) is 13.8 Å². The molecule has 0 saturated heterocycles. The van der Waals surface area contributed by atoms with Gasteiger partial charge in [0.05, 0.1) is 49.0 Å². The second-order valence-corrected chi connectivity index (χ2v) is 7.41. The molecule has 162 valence electrons. The van der Waals surface area contributed by atoms with Gasteiger partial charge in [0, 0.05) is 5.97 Å². The lowest BCUT2D eigenvalue weighted by molar-refractivity contribution is -0.337. The smallest absolute Gasteiger partial charge is 0.0969 e. The van der Waals surface area contributed by atoms with Gasteiger partial charge in [-0.2, -0.15) is 0 Å². The van der Waals surface area contributed by atoms with E-state index in [9.17, 15) is 30.0 Å². The number of aliphatic hydroxyl groups excluding tert-OH is 2. The molecule has 0 aliphatic rings. The Morgan fingerprint density at radius 3 is 1.61 bits per heavy atom. The third-order valence-corrected chi connectivity index (χ3v) is 4.26. The zero-order valence-electron chi connectivity index (χ0n) is 17.1. The Morgan fingerprint density at radius 2 is 1.36 bits per heavy atom. The quantitative estimate of drug-likeness (QED) is 0.345. The molecule has 2 N–H and O–H groups in total. The molecule has 8 heteroatoms. The monoisotopic (exact) mass is 400 g/mol. The van der Waals surface area contributed by atoms with Crippen molar-refractivity contribution >= 4 is 11.9 Å². The highest BCUT2D eigenvalue weighted by atomic mass is 16.5. The molecule has 0 fully saturated rings. The van der Waals surface area contributed by atoms with Crippen LogP contribution in [0, 0.1) is 5.41 Å². The molecule has 0 saturated carbocycles. The molecule has 0 aliphatic heterocycles. The van der Waals surface area contributed by atoms with E-state index in [0.717, 1.165) is 0 Å². The van der Waals surface area contributed by atoms with Crippen LogP contribution < -0.4 is 10.2 Å². The fourth-order valence-corrected chi connectivity index (χ4v) is 3.21. The van der Waals surface area contributed by atoms with Gasteiger partial charge in [0.2, 0.25) is 0 Å². The molecule has 0 rings (SSSR count). The molecule has 0 aliphatic carbocycles. The van der Waals surface area contributed by atoms with E-state index < -0.39 is 48.2 Å². The molecule has 0 radical (unpaired) electrons. The van der Waals surface area contributed by atoms with Crippen molar-refractivity contribution in [3.63, 3.8) is 0 Å². The lowest BCUT2D eigenvalue weighted by Gasteiger charge is -2.48. The van der Waals surface area contributed by atoms with Gasteiger partial charge in [-0.05, 0) is 47.0 Å². The van der Waals surface area contributed by atoms with E-state index in [1.807, 2.05) is 0 Å². The second-order valence-electron chi connectivity index (χ2n) is 7.41. The molecule has 4 atom stereocenters. The van der Waals surface area contributed by atoms with E-state index in [2.05, 4.69) is 13.2 Å². The highest BCUT2D eigenvalue weighted by molar-refractivity contribution is 5.75. The summed E-state index contributed by atoms with van der Waals surface area (Å²) in [5.41, 5.74) is -0.851. The molecule has 0 aromatic rings. The Bertz CT molecular complexity index is 522. The third-order valence-electron chi connectivity index (χ3n) is 4.26. The first-order valence-corrected chi connectivity index (χ1v) is 9.15. The number of hydrogen-bond donors (Lipinski definition) is 2. The van der Waals surface area contributed by atoms with Crippen LogP contribution in [0.5, 0.6) is 0 Å². The largest absolute Gasteiger partial charge is 0.550 e. The Morgan fingerprint density at radius 1 is 0.964 bits per heavy atom. The van der Waals surface area contributed by atoms with Crippen molar-refractivity contribution in [1.82, 2.24) is 0 Å². The van der Waals surface area contributed by atoms with Gasteiger partial charge in [0.1, 0.15) is 0 Å². The summed E-state index contributed by atoms with van der Waals surface area (Å²) in [6, 6.07) is 0. The molecule has 0 spiro atoms. The van der Waals surface area contributed by atoms with Crippen LogP contribution in [0.3, 0.4) is 0 Å².